The van der Waals surface area contributed by atoms with E-state index in [1.807, 2.05) is 6.07 Å². The Morgan fingerprint density at radius 1 is 1.25 bits per heavy atom. The predicted octanol–water partition coefficient (Wildman–Crippen LogP) is 0.747. The van der Waals surface area contributed by atoms with Crippen LogP contribution in [0.1, 0.15) is 5.56 Å². The van der Waals surface area contributed by atoms with E-state index in [1.165, 1.54) is 6.33 Å². The highest BCUT2D eigenvalue weighted by Crippen LogP contribution is 2.07. The molecule has 16 heavy (non-hydrogen) atoms. The monoisotopic (exact) mass is 238 g/mol. The van der Waals surface area contributed by atoms with Gasteiger partial charge in [0.2, 0.25) is 16.0 Å². The van der Waals surface area contributed by atoms with E-state index in [4.69, 9.17) is 0 Å². The van der Waals surface area contributed by atoms with E-state index >= 15 is 0 Å². The molecule has 0 aliphatic rings. The van der Waals surface area contributed by atoms with Crippen molar-refractivity contribution in [2.24, 2.45) is 0 Å². The van der Waals surface area contributed by atoms with Gasteiger partial charge in [-0.2, -0.15) is 10.1 Å². The Balaban J connectivity index is 2.09. The lowest BCUT2D eigenvalue weighted by Crippen LogP contribution is -2.15. The van der Waals surface area contributed by atoms with Gasteiger partial charge >= 0.3 is 0 Å². The van der Waals surface area contributed by atoms with Crippen LogP contribution in [0.3, 0.4) is 0 Å². The molecular weight excluding hydrogens is 228 g/mol. The number of aromatic nitrogens is 3. The van der Waals surface area contributed by atoms with Crippen LogP contribution in [0.15, 0.2) is 36.7 Å². The van der Waals surface area contributed by atoms with Crippen LogP contribution in [-0.2, 0) is 15.8 Å². The summed E-state index contributed by atoms with van der Waals surface area (Å²) >= 11 is 0. The number of anilines is 1. The Labute approximate surface area is 92.8 Å². The molecule has 0 amide bonds. The highest BCUT2D eigenvalue weighted by Gasteiger charge is 2.12. The zero-order chi connectivity index (χ0) is 11.4. The normalized spacial score (nSPS) is 11.2. The van der Waals surface area contributed by atoms with Crippen LogP contribution in [0.4, 0.5) is 5.95 Å². The van der Waals surface area contributed by atoms with Crippen LogP contribution in [0, 0.1) is 0 Å². The largest absolute Gasteiger partial charge is 0.251 e. The van der Waals surface area contributed by atoms with E-state index in [0.29, 0.717) is 0 Å². The summed E-state index contributed by atoms with van der Waals surface area (Å²) in [5, 5.41) is 5.98. The molecule has 0 spiro atoms. The van der Waals surface area contributed by atoms with Gasteiger partial charge in [-0.1, -0.05) is 30.3 Å². The summed E-state index contributed by atoms with van der Waals surface area (Å²) < 4.78 is 25.6. The quantitative estimate of drug-likeness (QED) is 0.822. The average molecular weight is 238 g/mol. The molecule has 0 aliphatic heterocycles. The van der Waals surface area contributed by atoms with E-state index in [0.717, 1.165) is 5.56 Å². The molecule has 0 radical (unpaired) electrons. The molecule has 7 heteroatoms. The third-order valence-corrected chi connectivity index (χ3v) is 3.08. The van der Waals surface area contributed by atoms with Crippen LogP contribution in [0.25, 0.3) is 0 Å². The van der Waals surface area contributed by atoms with Crippen molar-refractivity contribution in [1.82, 2.24) is 15.2 Å². The molecule has 0 unspecified atom stereocenters. The van der Waals surface area contributed by atoms with E-state index < -0.39 is 10.0 Å². The third-order valence-electron chi connectivity index (χ3n) is 1.87. The van der Waals surface area contributed by atoms with Gasteiger partial charge in [0.05, 0.1) is 5.75 Å². The number of nitrogens with zero attached hydrogens (tertiary/aromatic N) is 2. The molecule has 0 bridgehead atoms. The molecule has 84 valence electrons. The van der Waals surface area contributed by atoms with Crippen molar-refractivity contribution in [3.63, 3.8) is 0 Å². The van der Waals surface area contributed by atoms with Crippen LogP contribution in [0.2, 0.25) is 0 Å². The summed E-state index contributed by atoms with van der Waals surface area (Å²) in [6.07, 6.45) is 1.24. The zero-order valence-corrected chi connectivity index (χ0v) is 9.11. The van der Waals surface area contributed by atoms with Crippen molar-refractivity contribution >= 4 is 16.0 Å². The molecular formula is C9H10N4O2S. The van der Waals surface area contributed by atoms with Crippen molar-refractivity contribution in [3.8, 4) is 0 Å². The molecule has 2 aromatic rings. The molecule has 1 heterocycles. The van der Waals surface area contributed by atoms with Crippen LogP contribution in [0.5, 0.6) is 0 Å². The van der Waals surface area contributed by atoms with Gasteiger partial charge in [-0.3, -0.25) is 4.72 Å². The highest BCUT2D eigenvalue weighted by atomic mass is 32.2. The first-order chi connectivity index (χ1) is 7.66. The second kappa shape index (κ2) is 4.31. The first-order valence-electron chi connectivity index (χ1n) is 4.55. The summed E-state index contributed by atoms with van der Waals surface area (Å²) in [4.78, 5) is 3.69. The maximum absolute atomic E-state index is 11.7. The summed E-state index contributed by atoms with van der Waals surface area (Å²) in [6, 6.07) is 8.91. The molecule has 2 rings (SSSR count). The first kappa shape index (κ1) is 10.6. The molecule has 2 N–H and O–H groups in total. The van der Waals surface area contributed by atoms with Gasteiger partial charge in [0.1, 0.15) is 6.33 Å². The number of rotatable bonds is 4. The van der Waals surface area contributed by atoms with E-state index in [1.54, 1.807) is 24.3 Å². The van der Waals surface area contributed by atoms with Gasteiger partial charge in [0, 0.05) is 0 Å². The number of H-pyrrole nitrogens is 1. The Hall–Kier alpha value is -1.89. The van der Waals surface area contributed by atoms with Crippen molar-refractivity contribution in [2.75, 3.05) is 4.72 Å². The predicted molar refractivity (Wildman–Crippen MR) is 59.1 cm³/mol. The lowest BCUT2D eigenvalue weighted by molar-refractivity contribution is 0.600. The topological polar surface area (TPSA) is 87.7 Å². The fourth-order valence-corrected chi connectivity index (χ4v) is 2.33. The van der Waals surface area contributed by atoms with E-state index in [9.17, 15) is 8.42 Å². The van der Waals surface area contributed by atoms with Crippen molar-refractivity contribution in [2.45, 2.75) is 5.75 Å². The third kappa shape index (κ3) is 2.80. The summed E-state index contributed by atoms with van der Waals surface area (Å²) in [5.41, 5.74) is 0.717. The number of benzene rings is 1. The second-order valence-electron chi connectivity index (χ2n) is 3.18. The molecule has 0 aliphatic carbocycles. The fourth-order valence-electron chi connectivity index (χ4n) is 1.23. The van der Waals surface area contributed by atoms with Gasteiger partial charge in [-0.05, 0) is 5.56 Å². The lowest BCUT2D eigenvalue weighted by atomic mass is 10.2. The van der Waals surface area contributed by atoms with Crippen molar-refractivity contribution in [3.05, 3.63) is 42.2 Å². The van der Waals surface area contributed by atoms with E-state index in [2.05, 4.69) is 19.9 Å². The smallest absolute Gasteiger partial charge is 0.239 e. The minimum absolute atomic E-state index is 0.0888. The number of aromatic amines is 1. The van der Waals surface area contributed by atoms with Crippen LogP contribution >= 0.6 is 0 Å². The summed E-state index contributed by atoms with van der Waals surface area (Å²) in [7, 11) is -3.44. The number of nitrogens with one attached hydrogen (secondary N) is 2. The Bertz CT molecular complexity index is 536. The molecule has 0 saturated heterocycles. The Morgan fingerprint density at radius 3 is 2.62 bits per heavy atom. The second-order valence-corrected chi connectivity index (χ2v) is 4.90. The molecule has 6 nitrogen and oxygen atoms in total. The van der Waals surface area contributed by atoms with Gasteiger partial charge in [0.25, 0.3) is 0 Å². The summed E-state index contributed by atoms with van der Waals surface area (Å²) in [6.45, 7) is 0. The van der Waals surface area contributed by atoms with Crippen molar-refractivity contribution < 1.29 is 8.42 Å². The van der Waals surface area contributed by atoms with E-state index in [-0.39, 0.29) is 11.7 Å². The molecule has 0 fully saturated rings. The highest BCUT2D eigenvalue weighted by molar-refractivity contribution is 7.91. The maximum Gasteiger partial charge on any atom is 0.239 e. The van der Waals surface area contributed by atoms with Crippen LogP contribution in [-0.4, -0.2) is 23.6 Å². The SMILES string of the molecule is O=S(=O)(Cc1ccccc1)Nc1ncn[nH]1. The minimum atomic E-state index is -3.44. The molecule has 1 aromatic heterocycles. The Kier molecular flexibility index (Phi) is 2.86. The standard InChI is InChI=1S/C9H10N4O2S/c14-16(15,13-9-10-7-11-12-9)6-8-4-2-1-3-5-8/h1-5,7H,6H2,(H2,10,11,12,13). The zero-order valence-electron chi connectivity index (χ0n) is 8.29. The summed E-state index contributed by atoms with van der Waals surface area (Å²) in [5.74, 6) is 0.0325. The fraction of sp³-hybridized carbons (Fsp3) is 0.111. The van der Waals surface area contributed by atoms with Crippen molar-refractivity contribution in [1.29, 1.82) is 0 Å². The molecule has 0 saturated carbocycles. The lowest BCUT2D eigenvalue weighted by Gasteiger charge is -2.04. The average Bonchev–Trinajstić information content (AvgIpc) is 2.70. The maximum atomic E-state index is 11.7. The van der Waals surface area contributed by atoms with Gasteiger partial charge in [-0.15, -0.1) is 0 Å². The van der Waals surface area contributed by atoms with Gasteiger partial charge < -0.3 is 0 Å². The van der Waals surface area contributed by atoms with Crippen LogP contribution < -0.4 is 4.72 Å². The number of hydrogen-bond acceptors (Lipinski definition) is 4. The number of hydrogen-bond donors (Lipinski definition) is 2. The van der Waals surface area contributed by atoms with Gasteiger partial charge in [0.15, 0.2) is 0 Å². The van der Waals surface area contributed by atoms with Gasteiger partial charge in [-0.25, -0.2) is 13.5 Å². The Morgan fingerprint density at radius 2 is 2.00 bits per heavy atom. The first-order valence-corrected chi connectivity index (χ1v) is 6.21. The number of sulfonamides is 1. The molecule has 0 atom stereocenters. The minimum Gasteiger partial charge on any atom is -0.251 e. The molecule has 1 aromatic carbocycles.